The van der Waals surface area contributed by atoms with Crippen LogP contribution in [-0.2, 0) is 19.2 Å². The Morgan fingerprint density at radius 1 is 1.09 bits per heavy atom. The van der Waals surface area contributed by atoms with Crippen LogP contribution in [0, 0.1) is 29.1 Å². The first-order valence-electron chi connectivity index (χ1n) is 12.7. The van der Waals surface area contributed by atoms with Crippen LogP contribution in [0.3, 0.4) is 0 Å². The summed E-state index contributed by atoms with van der Waals surface area (Å²) in [4.78, 5) is 30.5. The van der Waals surface area contributed by atoms with E-state index in [4.69, 9.17) is 9.57 Å². The third-order valence-electron chi connectivity index (χ3n) is 7.26. The molecule has 1 saturated heterocycles. The van der Waals surface area contributed by atoms with Gasteiger partial charge in [0.25, 0.3) is 6.86 Å². The number of Topliss-reactive ketones (excluding diaryl/α,β-unsaturated/α-hetero) is 1. The number of ether oxygens (including phenoxy) is 1. The number of cyclic esters (lactones) is 1. The predicted molar refractivity (Wildman–Crippen MR) is 132 cm³/mol. The first-order chi connectivity index (χ1) is 15.8. The molecule has 1 fully saturated rings. The van der Waals surface area contributed by atoms with Gasteiger partial charge in [-0.1, -0.05) is 67.0 Å². The van der Waals surface area contributed by atoms with Crippen molar-refractivity contribution in [3.63, 3.8) is 0 Å². The maximum absolute atomic E-state index is 13.0. The highest BCUT2D eigenvalue weighted by atomic mass is 19.1. The van der Waals surface area contributed by atoms with Gasteiger partial charge < -0.3 is 19.8 Å². The summed E-state index contributed by atoms with van der Waals surface area (Å²) in [6.45, 7) is 17.1. The van der Waals surface area contributed by atoms with Crippen LogP contribution in [0.5, 0.6) is 0 Å². The van der Waals surface area contributed by atoms with E-state index in [-0.39, 0.29) is 29.5 Å². The van der Waals surface area contributed by atoms with Crippen molar-refractivity contribution in [3.8, 4) is 0 Å². The number of carbonyl (C=O) groups excluding carboxylic acids is 2. The molecule has 8 atom stereocenters. The first-order valence-corrected chi connectivity index (χ1v) is 12.7. The maximum atomic E-state index is 13.0. The molecule has 0 aromatic rings. The molecule has 2 N–H and O–H groups in total. The average Bonchev–Trinajstić information content (AvgIpc) is 2.81. The van der Waals surface area contributed by atoms with E-state index in [0.717, 1.165) is 6.42 Å². The minimum absolute atomic E-state index is 0.211. The van der Waals surface area contributed by atoms with Crippen molar-refractivity contribution in [3.05, 3.63) is 0 Å². The number of aliphatic hydroxyl groups is 2. The number of halogens is 1. The lowest BCUT2D eigenvalue weighted by Crippen LogP contribution is -2.56. The van der Waals surface area contributed by atoms with Gasteiger partial charge in [0.15, 0.2) is 0 Å². The molecular weight excluding hydrogens is 441 g/mol. The molecule has 7 nitrogen and oxygen atoms in total. The highest BCUT2D eigenvalue weighted by Crippen LogP contribution is 2.40. The molecule has 0 saturated carbocycles. The van der Waals surface area contributed by atoms with Crippen molar-refractivity contribution in [2.45, 2.75) is 113 Å². The van der Waals surface area contributed by atoms with Crippen LogP contribution in [-0.4, -0.2) is 52.3 Å². The minimum Gasteiger partial charge on any atom is -0.459 e. The van der Waals surface area contributed by atoms with Crippen molar-refractivity contribution in [1.82, 2.24) is 0 Å². The van der Waals surface area contributed by atoms with Gasteiger partial charge >= 0.3 is 5.97 Å². The lowest BCUT2D eigenvalue weighted by atomic mass is 9.69. The molecule has 1 aliphatic rings. The Bertz CT molecular complexity index is 682. The zero-order chi connectivity index (χ0) is 26.9. The standard InChI is InChI=1S/C24H42FNO6.C2H6/c1-9-18-24(8,30)21(28)16(5)19(26-31-13-25)14(3)11-23(7,10-2)12-15(4)20(27)17(6)22(29)32-18;1-2/h14-18,21,28,30H,9-13H2,1-8H3;1-2H3/b26-19+;/t14-,15-,16+,17?,18-,21?,23-,24-;/m1./s1. The van der Waals surface area contributed by atoms with E-state index in [0.29, 0.717) is 18.6 Å². The van der Waals surface area contributed by atoms with E-state index in [1.165, 1.54) is 13.8 Å². The molecule has 0 aliphatic carbocycles. The first kappa shape index (κ1) is 32.5. The van der Waals surface area contributed by atoms with Gasteiger partial charge in [-0.2, -0.15) is 0 Å². The van der Waals surface area contributed by atoms with Crippen molar-refractivity contribution in [2.24, 2.45) is 34.2 Å². The lowest BCUT2D eigenvalue weighted by Gasteiger charge is -2.41. The summed E-state index contributed by atoms with van der Waals surface area (Å²) in [6, 6.07) is 0. The molecule has 1 rings (SSSR count). The van der Waals surface area contributed by atoms with Gasteiger partial charge in [0.05, 0.1) is 11.8 Å². The smallest absolute Gasteiger partial charge is 0.316 e. The van der Waals surface area contributed by atoms with E-state index >= 15 is 0 Å². The number of aliphatic hydroxyl groups excluding tert-OH is 1. The van der Waals surface area contributed by atoms with E-state index in [9.17, 15) is 24.2 Å². The Labute approximate surface area is 205 Å². The highest BCUT2D eigenvalue weighted by molar-refractivity contribution is 5.99. The zero-order valence-corrected chi connectivity index (χ0v) is 22.9. The number of alkyl halides is 1. The van der Waals surface area contributed by atoms with E-state index in [1.807, 2.05) is 34.6 Å². The quantitative estimate of drug-likeness (QED) is 0.324. The van der Waals surface area contributed by atoms with Gasteiger partial charge in [-0.05, 0) is 44.4 Å². The van der Waals surface area contributed by atoms with Gasteiger partial charge in [0.1, 0.15) is 23.4 Å². The topological polar surface area (TPSA) is 105 Å². The molecular formula is C26H48FNO6. The van der Waals surface area contributed by atoms with Crippen LogP contribution in [0.15, 0.2) is 5.16 Å². The number of nitrogens with zero attached hydrogens (tertiary/aromatic N) is 1. The monoisotopic (exact) mass is 489 g/mol. The van der Waals surface area contributed by atoms with Crippen LogP contribution < -0.4 is 0 Å². The van der Waals surface area contributed by atoms with E-state index in [1.54, 1.807) is 13.8 Å². The fourth-order valence-corrected chi connectivity index (χ4v) is 5.04. The molecule has 0 bridgehead atoms. The van der Waals surface area contributed by atoms with Gasteiger partial charge in [-0.15, -0.1) is 0 Å². The molecule has 8 heteroatoms. The summed E-state index contributed by atoms with van der Waals surface area (Å²) >= 11 is 0. The third kappa shape index (κ3) is 8.01. The van der Waals surface area contributed by atoms with Crippen LogP contribution in [0.2, 0.25) is 0 Å². The van der Waals surface area contributed by atoms with Gasteiger partial charge in [0, 0.05) is 11.8 Å². The number of esters is 1. The van der Waals surface area contributed by atoms with Crippen LogP contribution in [0.4, 0.5) is 4.39 Å². The molecule has 34 heavy (non-hydrogen) atoms. The lowest BCUT2D eigenvalue weighted by molar-refractivity contribution is -0.186. The molecule has 2 unspecified atom stereocenters. The second kappa shape index (κ2) is 14.1. The number of oxime groups is 1. The summed E-state index contributed by atoms with van der Waals surface area (Å²) in [6.07, 6.45) is -0.225. The van der Waals surface area contributed by atoms with Crippen molar-refractivity contribution < 1.29 is 33.8 Å². The second-order valence-corrected chi connectivity index (χ2v) is 10.0. The molecule has 0 spiro atoms. The Kier molecular flexibility index (Phi) is 13.5. The van der Waals surface area contributed by atoms with Crippen LogP contribution in [0.1, 0.15) is 94.9 Å². The number of carbonyl (C=O) groups is 2. The fraction of sp³-hybridized carbons (Fsp3) is 0.885. The summed E-state index contributed by atoms with van der Waals surface area (Å²) in [5.74, 6) is -3.17. The molecule has 0 radical (unpaired) electrons. The molecule has 1 aliphatic heterocycles. The SMILES string of the molecule is CC.CC[C@H]1OC(=O)C(C)C(=O)[C@H](C)C[C@](C)(CC)C[C@@H](C)/C(=N\OCF)[C@H](C)C(O)[C@]1(C)O. The second-order valence-electron chi connectivity index (χ2n) is 10.0. The molecule has 0 aromatic carbocycles. The van der Waals surface area contributed by atoms with Crippen molar-refractivity contribution >= 4 is 17.5 Å². The van der Waals surface area contributed by atoms with Crippen LogP contribution >= 0.6 is 0 Å². The Morgan fingerprint density at radius 3 is 2.09 bits per heavy atom. The number of hydrogen-bond donors (Lipinski definition) is 2. The third-order valence-corrected chi connectivity index (χ3v) is 7.26. The Balaban J connectivity index is 0.00000529. The highest BCUT2D eigenvalue weighted by Gasteiger charge is 2.47. The van der Waals surface area contributed by atoms with Gasteiger partial charge in [-0.3, -0.25) is 9.59 Å². The molecule has 0 aromatic heterocycles. The Hall–Kier alpha value is -1.54. The van der Waals surface area contributed by atoms with Gasteiger partial charge in [-0.25, -0.2) is 4.39 Å². The molecule has 1 heterocycles. The molecule has 200 valence electrons. The maximum Gasteiger partial charge on any atom is 0.316 e. The summed E-state index contributed by atoms with van der Waals surface area (Å²) in [5.41, 5.74) is -1.68. The predicted octanol–water partition coefficient (Wildman–Crippen LogP) is 5.07. The van der Waals surface area contributed by atoms with E-state index < -0.39 is 42.5 Å². The largest absolute Gasteiger partial charge is 0.459 e. The summed E-state index contributed by atoms with van der Waals surface area (Å²) < 4.78 is 18.3. The summed E-state index contributed by atoms with van der Waals surface area (Å²) in [5, 5.41) is 26.3. The number of hydrogen-bond acceptors (Lipinski definition) is 7. The minimum atomic E-state index is -1.83. The molecule has 0 amide bonds. The normalized spacial score (nSPS) is 39.5. The van der Waals surface area contributed by atoms with Crippen molar-refractivity contribution in [2.75, 3.05) is 6.86 Å². The van der Waals surface area contributed by atoms with E-state index in [2.05, 4.69) is 12.1 Å². The van der Waals surface area contributed by atoms with Gasteiger partial charge in [0.2, 0.25) is 0 Å². The zero-order valence-electron chi connectivity index (χ0n) is 22.9. The average molecular weight is 490 g/mol. The number of ketones is 1. The number of rotatable bonds is 4. The summed E-state index contributed by atoms with van der Waals surface area (Å²) in [7, 11) is 0. The van der Waals surface area contributed by atoms with Crippen LogP contribution in [0.25, 0.3) is 0 Å². The Morgan fingerprint density at radius 2 is 1.62 bits per heavy atom. The van der Waals surface area contributed by atoms with Crippen molar-refractivity contribution in [1.29, 1.82) is 0 Å². The fourth-order valence-electron chi connectivity index (χ4n) is 5.04.